The van der Waals surface area contributed by atoms with E-state index >= 15 is 0 Å². The summed E-state index contributed by atoms with van der Waals surface area (Å²) in [6.45, 7) is 4.84. The van der Waals surface area contributed by atoms with Gasteiger partial charge in [0, 0.05) is 23.5 Å². The van der Waals surface area contributed by atoms with Crippen molar-refractivity contribution in [1.82, 2.24) is 4.57 Å². The lowest BCUT2D eigenvalue weighted by Crippen LogP contribution is -2.14. The van der Waals surface area contributed by atoms with E-state index in [1.54, 1.807) is 19.2 Å². The standard InChI is InChI=1S/C27H32N2O4/c1-5-6-7-23-25(20-10-12-21(13-11-20)27(31)33-4)24(26(28)30)18(2)29(23)17-16-19-8-14-22(32-3)15-9-19/h8-15H,5-7,16-17H2,1-4H3,(H2,28,30). The molecule has 3 rings (SSSR count). The second-order valence-corrected chi connectivity index (χ2v) is 8.07. The molecule has 174 valence electrons. The molecule has 1 heterocycles. The van der Waals surface area contributed by atoms with Crippen molar-refractivity contribution in [3.63, 3.8) is 0 Å². The van der Waals surface area contributed by atoms with E-state index in [2.05, 4.69) is 23.6 Å². The number of amides is 1. The molecule has 1 amide bonds. The van der Waals surface area contributed by atoms with Gasteiger partial charge in [0.1, 0.15) is 5.75 Å². The smallest absolute Gasteiger partial charge is 0.337 e. The Morgan fingerprint density at radius 3 is 2.18 bits per heavy atom. The van der Waals surface area contributed by atoms with Gasteiger partial charge in [0.25, 0.3) is 5.91 Å². The molecule has 0 saturated carbocycles. The van der Waals surface area contributed by atoms with Crippen LogP contribution in [0.1, 0.15) is 57.4 Å². The second kappa shape index (κ2) is 10.9. The molecule has 3 aromatic rings. The number of hydrogen-bond acceptors (Lipinski definition) is 4. The van der Waals surface area contributed by atoms with Gasteiger partial charge in [0.05, 0.1) is 25.3 Å². The van der Waals surface area contributed by atoms with Crippen molar-refractivity contribution in [3.8, 4) is 16.9 Å². The van der Waals surface area contributed by atoms with Gasteiger partial charge in [-0.2, -0.15) is 0 Å². The Kier molecular flexibility index (Phi) is 7.93. The number of carbonyl (C=O) groups excluding carboxylic acids is 2. The first-order valence-corrected chi connectivity index (χ1v) is 11.2. The number of nitrogens with two attached hydrogens (primary N) is 1. The van der Waals surface area contributed by atoms with E-state index in [1.165, 1.54) is 12.7 Å². The Balaban J connectivity index is 2.05. The highest BCUT2D eigenvalue weighted by Crippen LogP contribution is 2.34. The van der Waals surface area contributed by atoms with E-state index in [4.69, 9.17) is 15.2 Å². The number of aromatic nitrogens is 1. The van der Waals surface area contributed by atoms with E-state index in [-0.39, 0.29) is 0 Å². The third-order valence-corrected chi connectivity index (χ3v) is 6.02. The summed E-state index contributed by atoms with van der Waals surface area (Å²) in [4.78, 5) is 24.4. The maximum atomic E-state index is 12.5. The van der Waals surface area contributed by atoms with Crippen LogP contribution in [-0.2, 0) is 24.1 Å². The minimum Gasteiger partial charge on any atom is -0.497 e. The number of hydrogen-bond donors (Lipinski definition) is 1. The van der Waals surface area contributed by atoms with E-state index in [0.29, 0.717) is 11.1 Å². The van der Waals surface area contributed by atoms with Crippen molar-refractivity contribution >= 4 is 11.9 Å². The number of aryl methyl sites for hydroxylation is 1. The molecule has 1 aromatic heterocycles. The average Bonchev–Trinajstić information content (AvgIpc) is 3.12. The topological polar surface area (TPSA) is 83.5 Å². The van der Waals surface area contributed by atoms with Crippen LogP contribution in [0.15, 0.2) is 48.5 Å². The third kappa shape index (κ3) is 5.28. The second-order valence-electron chi connectivity index (χ2n) is 8.07. The molecule has 0 fully saturated rings. The van der Waals surface area contributed by atoms with Gasteiger partial charge >= 0.3 is 5.97 Å². The molecule has 0 spiro atoms. The molecule has 0 aliphatic carbocycles. The molecule has 0 unspecified atom stereocenters. The van der Waals surface area contributed by atoms with Gasteiger partial charge in [0.2, 0.25) is 0 Å². The summed E-state index contributed by atoms with van der Waals surface area (Å²) in [6.07, 6.45) is 3.69. The number of benzene rings is 2. The monoisotopic (exact) mass is 448 g/mol. The molecule has 0 aliphatic rings. The summed E-state index contributed by atoms with van der Waals surface area (Å²) in [7, 11) is 3.01. The molecule has 0 aliphatic heterocycles. The lowest BCUT2D eigenvalue weighted by Gasteiger charge is -2.14. The van der Waals surface area contributed by atoms with Gasteiger partial charge in [-0.15, -0.1) is 0 Å². The van der Waals surface area contributed by atoms with Crippen LogP contribution < -0.4 is 10.5 Å². The minimum absolute atomic E-state index is 0.392. The van der Waals surface area contributed by atoms with Crippen molar-refractivity contribution in [1.29, 1.82) is 0 Å². The molecular formula is C27H32N2O4. The predicted molar refractivity (Wildman–Crippen MR) is 130 cm³/mol. The minimum atomic E-state index is -0.444. The van der Waals surface area contributed by atoms with E-state index in [0.717, 1.165) is 60.5 Å². The molecule has 0 bridgehead atoms. The van der Waals surface area contributed by atoms with Crippen LogP contribution in [-0.4, -0.2) is 30.7 Å². The van der Waals surface area contributed by atoms with Gasteiger partial charge in [0.15, 0.2) is 0 Å². The molecule has 0 radical (unpaired) electrons. The third-order valence-electron chi connectivity index (χ3n) is 6.02. The van der Waals surface area contributed by atoms with Gasteiger partial charge in [-0.25, -0.2) is 4.79 Å². The zero-order chi connectivity index (χ0) is 24.0. The van der Waals surface area contributed by atoms with Gasteiger partial charge in [-0.1, -0.05) is 37.6 Å². The van der Waals surface area contributed by atoms with Crippen LogP contribution in [0.2, 0.25) is 0 Å². The number of nitrogens with zero attached hydrogens (tertiary/aromatic N) is 1. The summed E-state index contributed by atoms with van der Waals surface area (Å²) in [5.41, 5.74) is 11.8. The van der Waals surface area contributed by atoms with Crippen molar-refractivity contribution in [3.05, 3.63) is 76.6 Å². The fourth-order valence-electron chi connectivity index (χ4n) is 4.24. The van der Waals surface area contributed by atoms with E-state index in [9.17, 15) is 9.59 Å². The van der Waals surface area contributed by atoms with Crippen molar-refractivity contribution < 1.29 is 19.1 Å². The molecule has 33 heavy (non-hydrogen) atoms. The van der Waals surface area contributed by atoms with Crippen LogP contribution in [0.25, 0.3) is 11.1 Å². The quantitative estimate of drug-likeness (QED) is 0.445. The number of rotatable bonds is 10. The van der Waals surface area contributed by atoms with Crippen LogP contribution in [0.3, 0.4) is 0 Å². The summed E-state index contributed by atoms with van der Waals surface area (Å²) in [5.74, 6) is -0.00940. The molecule has 6 heteroatoms. The Morgan fingerprint density at radius 2 is 1.64 bits per heavy atom. The number of esters is 1. The fraction of sp³-hybridized carbons (Fsp3) is 0.333. The van der Waals surface area contributed by atoms with Gasteiger partial charge in [-0.3, -0.25) is 4.79 Å². The van der Waals surface area contributed by atoms with Crippen LogP contribution in [0.5, 0.6) is 5.75 Å². The lowest BCUT2D eigenvalue weighted by atomic mass is 9.96. The van der Waals surface area contributed by atoms with Crippen molar-refractivity contribution in [2.24, 2.45) is 5.73 Å². The van der Waals surface area contributed by atoms with Gasteiger partial charge in [-0.05, 0) is 61.6 Å². The number of carbonyl (C=O) groups is 2. The van der Waals surface area contributed by atoms with Gasteiger partial charge < -0.3 is 19.8 Å². The SMILES string of the molecule is CCCCc1c(-c2ccc(C(=O)OC)cc2)c(C(N)=O)c(C)n1CCc1ccc(OC)cc1. The summed E-state index contributed by atoms with van der Waals surface area (Å²) >= 11 is 0. The first-order valence-electron chi connectivity index (χ1n) is 11.2. The molecule has 0 atom stereocenters. The average molecular weight is 449 g/mol. The summed E-state index contributed by atoms with van der Waals surface area (Å²) < 4.78 is 12.3. The first kappa shape index (κ1) is 24.1. The highest BCUT2D eigenvalue weighted by atomic mass is 16.5. The fourth-order valence-corrected chi connectivity index (χ4v) is 4.24. The lowest BCUT2D eigenvalue weighted by molar-refractivity contribution is 0.0600. The van der Waals surface area contributed by atoms with Crippen LogP contribution in [0.4, 0.5) is 0 Å². The normalized spacial score (nSPS) is 10.8. The number of methoxy groups -OCH3 is 2. The van der Waals surface area contributed by atoms with E-state index in [1.807, 2.05) is 31.2 Å². The molecule has 2 N–H and O–H groups in total. The Morgan fingerprint density at radius 1 is 0.970 bits per heavy atom. The van der Waals surface area contributed by atoms with Crippen LogP contribution >= 0.6 is 0 Å². The number of unbranched alkanes of at least 4 members (excludes halogenated alkanes) is 1. The number of ether oxygens (including phenoxy) is 2. The predicted octanol–water partition coefficient (Wildman–Crippen LogP) is 4.94. The highest BCUT2D eigenvalue weighted by molar-refractivity contribution is 6.02. The molecular weight excluding hydrogens is 416 g/mol. The maximum absolute atomic E-state index is 12.5. The van der Waals surface area contributed by atoms with Crippen molar-refractivity contribution in [2.45, 2.75) is 46.1 Å². The first-order chi connectivity index (χ1) is 15.9. The zero-order valence-corrected chi connectivity index (χ0v) is 19.8. The van der Waals surface area contributed by atoms with Crippen molar-refractivity contribution in [2.75, 3.05) is 14.2 Å². The maximum Gasteiger partial charge on any atom is 0.337 e. The summed E-state index contributed by atoms with van der Waals surface area (Å²) in [5, 5.41) is 0. The largest absolute Gasteiger partial charge is 0.497 e. The summed E-state index contributed by atoms with van der Waals surface area (Å²) in [6, 6.07) is 15.2. The molecule has 0 saturated heterocycles. The van der Waals surface area contributed by atoms with Crippen LogP contribution in [0, 0.1) is 6.92 Å². The Hall–Kier alpha value is -3.54. The number of primary amides is 1. The molecule has 2 aromatic carbocycles. The highest BCUT2D eigenvalue weighted by Gasteiger charge is 2.24. The zero-order valence-electron chi connectivity index (χ0n) is 19.8. The Labute approximate surface area is 195 Å². The Bertz CT molecular complexity index is 1110. The molecule has 6 nitrogen and oxygen atoms in total. The van der Waals surface area contributed by atoms with E-state index < -0.39 is 11.9 Å².